The van der Waals surface area contributed by atoms with Gasteiger partial charge in [0.1, 0.15) is 23.7 Å². The molecule has 0 saturated carbocycles. The molecule has 3 rings (SSSR count). The number of benzene rings is 3. The van der Waals surface area contributed by atoms with E-state index in [-0.39, 0.29) is 17.9 Å². The molecule has 3 aromatic carbocycles. The van der Waals surface area contributed by atoms with E-state index >= 15 is 0 Å². The molecular formula is C21H17NO6. The average molecular weight is 379 g/mol. The third-order valence-electron chi connectivity index (χ3n) is 3.98. The van der Waals surface area contributed by atoms with Gasteiger partial charge in [0.15, 0.2) is 0 Å². The maximum atomic E-state index is 10.9. The lowest BCUT2D eigenvalue weighted by atomic mass is 10.0. The molecule has 0 saturated heterocycles. The van der Waals surface area contributed by atoms with Gasteiger partial charge in [-0.2, -0.15) is 0 Å². The SMILES string of the molecule is O=C(O)Nc1cccc(-c2cccc(COc3ccc(C(=O)O)c(O)c3)c2)c1. The van der Waals surface area contributed by atoms with Crippen LogP contribution in [0.25, 0.3) is 11.1 Å². The largest absolute Gasteiger partial charge is 0.507 e. The molecular weight excluding hydrogens is 362 g/mol. The Morgan fingerprint density at radius 1 is 0.893 bits per heavy atom. The molecule has 7 heteroatoms. The number of carbonyl (C=O) groups is 2. The van der Waals surface area contributed by atoms with Gasteiger partial charge >= 0.3 is 12.1 Å². The normalized spacial score (nSPS) is 10.3. The van der Waals surface area contributed by atoms with Crippen molar-refractivity contribution in [2.45, 2.75) is 6.61 Å². The van der Waals surface area contributed by atoms with E-state index in [2.05, 4.69) is 5.32 Å². The Balaban J connectivity index is 1.74. The Hall–Kier alpha value is -4.00. The fourth-order valence-electron chi connectivity index (χ4n) is 2.69. The first-order valence-corrected chi connectivity index (χ1v) is 8.31. The summed E-state index contributed by atoms with van der Waals surface area (Å²) in [4.78, 5) is 21.7. The van der Waals surface area contributed by atoms with E-state index in [1.54, 1.807) is 18.2 Å². The fraction of sp³-hybridized carbons (Fsp3) is 0.0476. The summed E-state index contributed by atoms with van der Waals surface area (Å²) in [6.45, 7) is 0.215. The summed E-state index contributed by atoms with van der Waals surface area (Å²) in [5.41, 5.74) is 2.87. The summed E-state index contributed by atoms with van der Waals surface area (Å²) in [5, 5.41) is 29.8. The number of aromatic hydroxyl groups is 1. The van der Waals surface area contributed by atoms with E-state index in [4.69, 9.17) is 14.9 Å². The number of carboxylic acid groups (broad SMARTS) is 2. The van der Waals surface area contributed by atoms with Crippen LogP contribution in [0.1, 0.15) is 15.9 Å². The maximum Gasteiger partial charge on any atom is 0.409 e. The molecule has 1 amide bonds. The Kier molecular flexibility index (Phi) is 5.45. The molecule has 0 heterocycles. The fourth-order valence-corrected chi connectivity index (χ4v) is 2.69. The summed E-state index contributed by atoms with van der Waals surface area (Å²) in [6.07, 6.45) is -1.13. The number of nitrogens with one attached hydrogen (secondary N) is 1. The van der Waals surface area contributed by atoms with E-state index < -0.39 is 12.1 Å². The summed E-state index contributed by atoms with van der Waals surface area (Å²) >= 11 is 0. The molecule has 3 aromatic rings. The van der Waals surface area contributed by atoms with Crippen molar-refractivity contribution in [3.63, 3.8) is 0 Å². The number of phenols is 1. The average Bonchev–Trinajstić information content (AvgIpc) is 2.66. The second-order valence-corrected chi connectivity index (χ2v) is 5.98. The zero-order valence-electron chi connectivity index (χ0n) is 14.6. The van der Waals surface area contributed by atoms with E-state index in [9.17, 15) is 14.7 Å². The molecule has 7 nitrogen and oxygen atoms in total. The van der Waals surface area contributed by atoms with Crippen molar-refractivity contribution in [1.29, 1.82) is 0 Å². The van der Waals surface area contributed by atoms with Crippen LogP contribution in [-0.4, -0.2) is 27.4 Å². The molecule has 0 unspecified atom stereocenters. The van der Waals surface area contributed by atoms with E-state index in [1.165, 1.54) is 18.2 Å². The van der Waals surface area contributed by atoms with Crippen molar-refractivity contribution in [3.8, 4) is 22.6 Å². The maximum absolute atomic E-state index is 10.9. The van der Waals surface area contributed by atoms with Crippen LogP contribution in [0.5, 0.6) is 11.5 Å². The number of ether oxygens (including phenoxy) is 1. The van der Waals surface area contributed by atoms with Gasteiger partial charge in [0.05, 0.1) is 0 Å². The molecule has 0 aromatic heterocycles. The van der Waals surface area contributed by atoms with Crippen LogP contribution in [0, 0.1) is 0 Å². The Morgan fingerprint density at radius 3 is 2.29 bits per heavy atom. The molecule has 0 bridgehead atoms. The van der Waals surface area contributed by atoms with Crippen LogP contribution in [0.3, 0.4) is 0 Å². The van der Waals surface area contributed by atoms with Gasteiger partial charge in [-0.3, -0.25) is 5.32 Å². The first-order chi connectivity index (χ1) is 13.4. The molecule has 28 heavy (non-hydrogen) atoms. The van der Waals surface area contributed by atoms with Gasteiger partial charge in [0.25, 0.3) is 0 Å². The minimum absolute atomic E-state index is 0.191. The monoisotopic (exact) mass is 379 g/mol. The van der Waals surface area contributed by atoms with Crippen molar-refractivity contribution in [3.05, 3.63) is 77.9 Å². The molecule has 0 aliphatic rings. The molecule has 0 aliphatic heterocycles. The highest BCUT2D eigenvalue weighted by Crippen LogP contribution is 2.26. The highest BCUT2D eigenvalue weighted by atomic mass is 16.5. The van der Waals surface area contributed by atoms with Crippen molar-refractivity contribution in [2.24, 2.45) is 0 Å². The summed E-state index contributed by atoms with van der Waals surface area (Å²) in [7, 11) is 0. The van der Waals surface area contributed by atoms with Crippen LogP contribution in [0.4, 0.5) is 10.5 Å². The third kappa shape index (κ3) is 4.59. The second kappa shape index (κ2) is 8.13. The predicted octanol–water partition coefficient (Wildman–Crippen LogP) is 4.43. The van der Waals surface area contributed by atoms with Crippen molar-refractivity contribution >= 4 is 17.7 Å². The smallest absolute Gasteiger partial charge is 0.409 e. The highest BCUT2D eigenvalue weighted by molar-refractivity contribution is 5.91. The Morgan fingerprint density at radius 2 is 1.61 bits per heavy atom. The first kappa shape index (κ1) is 18.8. The van der Waals surface area contributed by atoms with Crippen LogP contribution in [0.2, 0.25) is 0 Å². The zero-order chi connectivity index (χ0) is 20.1. The minimum atomic E-state index is -1.21. The molecule has 4 N–H and O–H groups in total. The predicted molar refractivity (Wildman–Crippen MR) is 103 cm³/mol. The Bertz CT molecular complexity index is 1030. The highest BCUT2D eigenvalue weighted by Gasteiger charge is 2.10. The van der Waals surface area contributed by atoms with E-state index in [0.29, 0.717) is 11.4 Å². The molecule has 0 fully saturated rings. The van der Waals surface area contributed by atoms with Gasteiger partial charge in [-0.25, -0.2) is 9.59 Å². The summed E-state index contributed by atoms with van der Waals surface area (Å²) in [5.74, 6) is -1.22. The van der Waals surface area contributed by atoms with Gasteiger partial charge in [0.2, 0.25) is 0 Å². The molecule has 0 atom stereocenters. The number of carboxylic acids is 1. The third-order valence-corrected chi connectivity index (χ3v) is 3.98. The topological polar surface area (TPSA) is 116 Å². The number of amides is 1. The van der Waals surface area contributed by atoms with Gasteiger partial charge in [-0.05, 0) is 47.0 Å². The standard InChI is InChI=1S/C21H17NO6/c23-19-11-17(7-8-18(19)20(24)25)28-12-13-3-1-4-14(9-13)15-5-2-6-16(10-15)22-21(26)27/h1-11,22-23H,12H2,(H,24,25)(H,26,27). The molecule has 0 spiro atoms. The van der Waals surface area contributed by atoms with Gasteiger partial charge in [0, 0.05) is 11.8 Å². The van der Waals surface area contributed by atoms with Crippen LogP contribution in [-0.2, 0) is 6.61 Å². The number of aromatic carboxylic acids is 1. The van der Waals surface area contributed by atoms with Crippen molar-refractivity contribution in [1.82, 2.24) is 0 Å². The lowest BCUT2D eigenvalue weighted by Crippen LogP contribution is -2.06. The quantitative estimate of drug-likeness (QED) is 0.504. The number of hydrogen-bond donors (Lipinski definition) is 4. The van der Waals surface area contributed by atoms with Gasteiger partial charge < -0.3 is 20.1 Å². The van der Waals surface area contributed by atoms with Gasteiger partial charge in [-0.15, -0.1) is 0 Å². The number of anilines is 1. The van der Waals surface area contributed by atoms with E-state index in [0.717, 1.165) is 16.7 Å². The molecule has 0 radical (unpaired) electrons. The molecule has 142 valence electrons. The summed E-state index contributed by atoms with van der Waals surface area (Å²) < 4.78 is 5.63. The van der Waals surface area contributed by atoms with Crippen molar-refractivity contribution in [2.75, 3.05) is 5.32 Å². The molecule has 0 aliphatic carbocycles. The van der Waals surface area contributed by atoms with Crippen LogP contribution < -0.4 is 10.1 Å². The number of hydrogen-bond acceptors (Lipinski definition) is 4. The van der Waals surface area contributed by atoms with Crippen molar-refractivity contribution < 1.29 is 29.6 Å². The zero-order valence-corrected chi connectivity index (χ0v) is 14.6. The van der Waals surface area contributed by atoms with E-state index in [1.807, 2.05) is 30.3 Å². The van der Waals surface area contributed by atoms with Crippen LogP contribution >= 0.6 is 0 Å². The first-order valence-electron chi connectivity index (χ1n) is 8.31. The second-order valence-electron chi connectivity index (χ2n) is 5.98. The van der Waals surface area contributed by atoms with Crippen LogP contribution in [0.15, 0.2) is 66.7 Å². The summed E-state index contributed by atoms with van der Waals surface area (Å²) in [6, 6.07) is 18.6. The lowest BCUT2D eigenvalue weighted by molar-refractivity contribution is 0.0693. The lowest BCUT2D eigenvalue weighted by Gasteiger charge is -2.10. The Labute approximate surface area is 160 Å². The van der Waals surface area contributed by atoms with Gasteiger partial charge in [-0.1, -0.05) is 30.3 Å². The number of rotatable bonds is 6. The minimum Gasteiger partial charge on any atom is -0.507 e.